The van der Waals surface area contributed by atoms with Crippen molar-refractivity contribution in [3.63, 3.8) is 0 Å². The molecule has 0 bridgehead atoms. The second kappa shape index (κ2) is 7.85. The highest BCUT2D eigenvalue weighted by molar-refractivity contribution is 7.98. The Morgan fingerprint density at radius 3 is 2.74 bits per heavy atom. The van der Waals surface area contributed by atoms with E-state index in [4.69, 9.17) is 10.00 Å². The fourth-order valence-electron chi connectivity index (χ4n) is 2.17. The SMILES string of the molecule is Cc1ccc(SCc2cccc(C(=O)O[C@H](C)C#N)c2)c(C)c1. The van der Waals surface area contributed by atoms with Crippen molar-refractivity contribution in [3.05, 3.63) is 64.7 Å². The molecule has 0 N–H and O–H groups in total. The largest absolute Gasteiger partial charge is 0.444 e. The van der Waals surface area contributed by atoms with Crippen molar-refractivity contribution in [1.82, 2.24) is 0 Å². The van der Waals surface area contributed by atoms with Gasteiger partial charge in [-0.1, -0.05) is 29.8 Å². The lowest BCUT2D eigenvalue weighted by atomic mass is 10.1. The lowest BCUT2D eigenvalue weighted by Gasteiger charge is -2.09. The summed E-state index contributed by atoms with van der Waals surface area (Å²) in [5, 5.41) is 8.71. The van der Waals surface area contributed by atoms with Gasteiger partial charge in [0.1, 0.15) is 6.07 Å². The van der Waals surface area contributed by atoms with E-state index in [1.807, 2.05) is 24.3 Å². The number of aryl methyl sites for hydroxylation is 2. The Kier molecular flexibility index (Phi) is 5.84. The molecular formula is C19H19NO2S. The minimum atomic E-state index is -0.740. The number of rotatable bonds is 5. The van der Waals surface area contributed by atoms with Gasteiger partial charge in [0, 0.05) is 10.6 Å². The number of benzene rings is 2. The topological polar surface area (TPSA) is 50.1 Å². The van der Waals surface area contributed by atoms with E-state index in [0.29, 0.717) is 5.56 Å². The first-order valence-electron chi connectivity index (χ1n) is 7.39. The Hall–Kier alpha value is -2.25. The minimum absolute atomic E-state index is 0.461. The quantitative estimate of drug-likeness (QED) is 0.592. The molecule has 0 spiro atoms. The van der Waals surface area contributed by atoms with Gasteiger partial charge in [-0.05, 0) is 50.1 Å². The van der Waals surface area contributed by atoms with Crippen molar-refractivity contribution in [2.75, 3.05) is 0 Å². The highest BCUT2D eigenvalue weighted by Crippen LogP contribution is 2.27. The molecule has 2 aromatic carbocycles. The van der Waals surface area contributed by atoms with Gasteiger partial charge in [-0.15, -0.1) is 11.8 Å². The Morgan fingerprint density at radius 2 is 2.04 bits per heavy atom. The average Bonchev–Trinajstić information content (AvgIpc) is 2.54. The fraction of sp³-hybridized carbons (Fsp3) is 0.263. The summed E-state index contributed by atoms with van der Waals surface area (Å²) in [6.07, 6.45) is -0.740. The van der Waals surface area contributed by atoms with Crippen LogP contribution in [-0.2, 0) is 10.5 Å². The number of nitriles is 1. The third kappa shape index (κ3) is 4.87. The fourth-order valence-corrected chi connectivity index (χ4v) is 3.12. The summed E-state index contributed by atoms with van der Waals surface area (Å²) < 4.78 is 5.03. The van der Waals surface area contributed by atoms with Crippen molar-refractivity contribution in [2.45, 2.75) is 37.5 Å². The van der Waals surface area contributed by atoms with E-state index < -0.39 is 12.1 Å². The van der Waals surface area contributed by atoms with Gasteiger partial charge in [-0.3, -0.25) is 0 Å². The Balaban J connectivity index is 2.05. The molecule has 2 rings (SSSR count). The van der Waals surface area contributed by atoms with Gasteiger partial charge in [-0.2, -0.15) is 5.26 Å². The molecule has 0 fully saturated rings. The predicted octanol–water partition coefficient (Wildman–Crippen LogP) is 4.66. The lowest BCUT2D eigenvalue weighted by Crippen LogP contribution is -2.13. The van der Waals surface area contributed by atoms with Crippen molar-refractivity contribution in [3.8, 4) is 6.07 Å². The van der Waals surface area contributed by atoms with E-state index in [0.717, 1.165) is 11.3 Å². The van der Waals surface area contributed by atoms with Gasteiger partial charge in [-0.25, -0.2) is 4.79 Å². The van der Waals surface area contributed by atoms with Gasteiger partial charge >= 0.3 is 5.97 Å². The van der Waals surface area contributed by atoms with Crippen LogP contribution in [0.25, 0.3) is 0 Å². The maximum Gasteiger partial charge on any atom is 0.339 e. The molecule has 0 aliphatic heterocycles. The standard InChI is InChI=1S/C19H19NO2S/c1-13-7-8-18(14(2)9-13)23-12-16-5-4-6-17(10-16)19(21)22-15(3)11-20/h4-10,15H,12H2,1-3H3/t15-/m1/s1. The monoisotopic (exact) mass is 325 g/mol. The third-order valence-corrected chi connectivity index (χ3v) is 4.60. The summed E-state index contributed by atoms with van der Waals surface area (Å²) in [7, 11) is 0. The smallest absolute Gasteiger partial charge is 0.339 e. The van der Waals surface area contributed by atoms with Crippen LogP contribution >= 0.6 is 11.8 Å². The van der Waals surface area contributed by atoms with Gasteiger partial charge in [0.2, 0.25) is 0 Å². The van der Waals surface area contributed by atoms with E-state index in [-0.39, 0.29) is 0 Å². The van der Waals surface area contributed by atoms with Gasteiger partial charge in [0.15, 0.2) is 6.10 Å². The van der Waals surface area contributed by atoms with Crippen LogP contribution in [0.3, 0.4) is 0 Å². The van der Waals surface area contributed by atoms with E-state index >= 15 is 0 Å². The van der Waals surface area contributed by atoms with Crippen LogP contribution < -0.4 is 0 Å². The van der Waals surface area contributed by atoms with E-state index in [1.165, 1.54) is 16.0 Å². The molecule has 1 atom stereocenters. The molecule has 0 aliphatic rings. The number of esters is 1. The molecule has 118 valence electrons. The zero-order chi connectivity index (χ0) is 16.8. The Labute approximate surface area is 141 Å². The molecule has 4 heteroatoms. The van der Waals surface area contributed by atoms with Gasteiger partial charge in [0.25, 0.3) is 0 Å². The number of carbonyl (C=O) groups is 1. The Morgan fingerprint density at radius 1 is 1.26 bits per heavy atom. The first-order valence-corrected chi connectivity index (χ1v) is 8.37. The molecular weight excluding hydrogens is 306 g/mol. The minimum Gasteiger partial charge on any atom is -0.444 e. The zero-order valence-electron chi connectivity index (χ0n) is 13.5. The first-order chi connectivity index (χ1) is 11.0. The van der Waals surface area contributed by atoms with Crippen molar-refractivity contribution >= 4 is 17.7 Å². The van der Waals surface area contributed by atoms with Crippen LogP contribution in [0.15, 0.2) is 47.4 Å². The number of hydrogen-bond donors (Lipinski definition) is 0. The van der Waals surface area contributed by atoms with Gasteiger partial charge in [0.05, 0.1) is 5.56 Å². The number of carbonyl (C=O) groups excluding carboxylic acids is 1. The summed E-state index contributed by atoms with van der Waals surface area (Å²) in [5.41, 5.74) is 4.04. The predicted molar refractivity (Wildman–Crippen MR) is 92.4 cm³/mol. The lowest BCUT2D eigenvalue weighted by molar-refractivity contribution is 0.0435. The number of hydrogen-bond acceptors (Lipinski definition) is 4. The molecule has 3 nitrogen and oxygen atoms in total. The normalized spacial score (nSPS) is 11.6. The highest BCUT2D eigenvalue weighted by atomic mass is 32.2. The zero-order valence-corrected chi connectivity index (χ0v) is 14.3. The van der Waals surface area contributed by atoms with Crippen LogP contribution in [0.5, 0.6) is 0 Å². The second-order valence-corrected chi connectivity index (χ2v) is 6.45. The molecule has 23 heavy (non-hydrogen) atoms. The highest BCUT2D eigenvalue weighted by Gasteiger charge is 2.11. The second-order valence-electron chi connectivity index (χ2n) is 5.43. The van der Waals surface area contributed by atoms with Crippen molar-refractivity contribution < 1.29 is 9.53 Å². The molecule has 0 unspecified atom stereocenters. The number of nitrogens with zero attached hydrogens (tertiary/aromatic N) is 1. The number of ether oxygens (including phenoxy) is 1. The van der Waals surface area contributed by atoms with Crippen LogP contribution in [0.1, 0.15) is 34.0 Å². The Bertz CT molecular complexity index is 749. The van der Waals surface area contributed by atoms with Crippen molar-refractivity contribution in [1.29, 1.82) is 5.26 Å². The molecule has 0 radical (unpaired) electrons. The van der Waals surface area contributed by atoms with Crippen LogP contribution in [-0.4, -0.2) is 12.1 Å². The van der Waals surface area contributed by atoms with Crippen molar-refractivity contribution in [2.24, 2.45) is 0 Å². The summed E-state index contributed by atoms with van der Waals surface area (Å²) in [4.78, 5) is 13.2. The summed E-state index contributed by atoms with van der Waals surface area (Å²) in [5.74, 6) is 0.316. The van der Waals surface area contributed by atoms with E-state index in [2.05, 4.69) is 32.0 Å². The van der Waals surface area contributed by atoms with E-state index in [9.17, 15) is 4.79 Å². The average molecular weight is 325 g/mol. The molecule has 0 aliphatic carbocycles. The molecule has 0 heterocycles. The maximum absolute atomic E-state index is 12.0. The van der Waals surface area contributed by atoms with Gasteiger partial charge < -0.3 is 4.74 Å². The third-order valence-electron chi connectivity index (χ3n) is 3.35. The summed E-state index contributed by atoms with van der Waals surface area (Å²) >= 11 is 1.74. The summed E-state index contributed by atoms with van der Waals surface area (Å²) in [6, 6.07) is 15.6. The van der Waals surface area contributed by atoms with Crippen LogP contribution in [0.2, 0.25) is 0 Å². The molecule has 0 saturated carbocycles. The molecule has 2 aromatic rings. The van der Waals surface area contributed by atoms with Crippen LogP contribution in [0, 0.1) is 25.2 Å². The van der Waals surface area contributed by atoms with E-state index in [1.54, 1.807) is 24.8 Å². The number of thioether (sulfide) groups is 1. The summed E-state index contributed by atoms with van der Waals surface area (Å²) in [6.45, 7) is 5.74. The molecule has 0 saturated heterocycles. The maximum atomic E-state index is 12.0. The van der Waals surface area contributed by atoms with Crippen LogP contribution in [0.4, 0.5) is 0 Å². The molecule has 0 amide bonds. The molecule has 0 aromatic heterocycles. The first kappa shape index (κ1) is 17.1.